The quantitative estimate of drug-likeness (QED) is 0.695. The van der Waals surface area contributed by atoms with Crippen LogP contribution < -0.4 is 10.6 Å². The number of hydrogen-bond acceptors (Lipinski definition) is 4. The molecule has 4 heteroatoms. The fourth-order valence-corrected chi connectivity index (χ4v) is 0.914. The molecule has 0 aromatic carbocycles. The van der Waals surface area contributed by atoms with Gasteiger partial charge in [-0.3, -0.25) is 4.98 Å². The number of pyridine rings is 1. The maximum Gasteiger partial charge on any atom is 0.0738 e. The summed E-state index contributed by atoms with van der Waals surface area (Å²) in [5, 5.41) is 0. The van der Waals surface area contributed by atoms with Crippen LogP contribution in [0.5, 0.6) is 0 Å². The molecule has 0 unspecified atom stereocenters. The highest BCUT2D eigenvalue weighted by atomic mass is 16.5. The summed E-state index contributed by atoms with van der Waals surface area (Å²) < 4.78 is 66.2. The molecule has 1 aliphatic rings. The molecule has 0 radical (unpaired) electrons. The highest BCUT2D eigenvalue weighted by Crippen LogP contribution is 2.21. The van der Waals surface area contributed by atoms with Gasteiger partial charge in [0.25, 0.3) is 0 Å². The van der Waals surface area contributed by atoms with Gasteiger partial charge in [-0.15, -0.1) is 0 Å². The molecule has 1 fully saturated rings. The number of hydrogen-bond donors (Lipinski definition) is 1. The summed E-state index contributed by atoms with van der Waals surface area (Å²) in [5.41, 5.74) is 5.32. The normalized spacial score (nSPS) is 42.0. The van der Waals surface area contributed by atoms with Gasteiger partial charge in [-0.25, -0.2) is 0 Å². The molecule has 0 aliphatic carbocycles. The Balaban J connectivity index is 2.71. The Kier molecular flexibility index (Phi) is 0.871. The van der Waals surface area contributed by atoms with Gasteiger partial charge in [0.15, 0.2) is 0 Å². The van der Waals surface area contributed by atoms with Crippen molar-refractivity contribution in [3.63, 3.8) is 0 Å². The summed E-state index contributed by atoms with van der Waals surface area (Å²) in [6, 6.07) is 1.18. The highest BCUT2D eigenvalue weighted by molar-refractivity contribution is 5.66. The molecule has 2 heterocycles. The van der Waals surface area contributed by atoms with Crippen molar-refractivity contribution >= 4 is 11.4 Å². The second-order valence-electron chi connectivity index (χ2n) is 2.30. The average Bonchev–Trinajstić information content (AvgIpc) is 2.28. The second-order valence-corrected chi connectivity index (χ2v) is 2.30. The molecule has 0 spiro atoms. The molecule has 13 heavy (non-hydrogen) atoms. The lowest BCUT2D eigenvalue weighted by Gasteiger charge is -2.29. The molecular weight excluding hydrogens is 166 g/mol. The maximum atomic E-state index is 7.86. The van der Waals surface area contributed by atoms with Crippen LogP contribution in [-0.2, 0) is 4.74 Å². The van der Waals surface area contributed by atoms with E-state index < -0.39 is 26.1 Å². The second kappa shape index (κ2) is 3.62. The zero-order valence-corrected chi connectivity index (χ0v) is 6.61. The third kappa shape index (κ3) is 1.72. The Hall–Kier alpha value is -1.29. The van der Waals surface area contributed by atoms with Crippen molar-refractivity contribution in [1.29, 1.82) is 0 Å². The molecule has 1 aliphatic heterocycles. The Labute approximate surface area is 88.6 Å². The number of nitrogens with two attached hydrogens (primary N) is 1. The lowest BCUT2D eigenvalue weighted by Crippen LogP contribution is -2.36. The van der Waals surface area contributed by atoms with Crippen molar-refractivity contribution in [1.82, 2.24) is 4.98 Å². The first-order valence-corrected chi connectivity index (χ1v) is 3.54. The van der Waals surface area contributed by atoms with E-state index in [-0.39, 0.29) is 11.4 Å². The highest BCUT2D eigenvalue weighted by Gasteiger charge is 2.12. The van der Waals surface area contributed by atoms with Crippen LogP contribution >= 0.6 is 0 Å². The van der Waals surface area contributed by atoms with Crippen LogP contribution in [0.4, 0.5) is 11.4 Å². The van der Waals surface area contributed by atoms with Crippen molar-refractivity contribution in [3.05, 3.63) is 18.5 Å². The molecule has 2 N–H and O–H groups in total. The van der Waals surface area contributed by atoms with Crippen LogP contribution in [0.1, 0.15) is 11.0 Å². The van der Waals surface area contributed by atoms with E-state index >= 15 is 0 Å². The molecule has 0 atom stereocenters. The van der Waals surface area contributed by atoms with Crippen molar-refractivity contribution < 1.29 is 15.7 Å². The molecule has 1 saturated heterocycles. The average molecular weight is 187 g/mol. The zero-order valence-electron chi connectivity index (χ0n) is 14.6. The number of rotatable bonds is 1. The number of nitrogen functional groups attached to an aromatic ring is 1. The maximum absolute atomic E-state index is 7.86. The van der Waals surface area contributed by atoms with Gasteiger partial charge < -0.3 is 15.4 Å². The van der Waals surface area contributed by atoms with E-state index in [0.29, 0.717) is 4.90 Å². The predicted octanol–water partition coefficient (Wildman–Crippen LogP) is 0.500. The minimum atomic E-state index is -3.10. The van der Waals surface area contributed by atoms with Crippen LogP contribution in [0.3, 0.4) is 0 Å². The number of nitrogens with zero attached hydrogens (tertiary/aromatic N) is 2. The molecule has 1 aromatic rings. The summed E-state index contributed by atoms with van der Waals surface area (Å²) >= 11 is 0. The van der Waals surface area contributed by atoms with Gasteiger partial charge in [0.2, 0.25) is 0 Å². The van der Waals surface area contributed by atoms with Crippen molar-refractivity contribution in [2.24, 2.45) is 0 Å². The first-order valence-electron chi connectivity index (χ1n) is 7.54. The molecule has 0 bridgehead atoms. The van der Waals surface area contributed by atoms with Gasteiger partial charge in [0, 0.05) is 19.2 Å². The van der Waals surface area contributed by atoms with E-state index in [1.807, 2.05) is 0 Å². The molecule has 4 nitrogen and oxygen atoms in total. The van der Waals surface area contributed by atoms with E-state index in [2.05, 4.69) is 9.72 Å². The van der Waals surface area contributed by atoms with Gasteiger partial charge in [0.1, 0.15) is 0 Å². The number of ether oxygens (including phenoxy) is 1. The van der Waals surface area contributed by atoms with Crippen molar-refractivity contribution in [3.8, 4) is 0 Å². The SMILES string of the molecule is [2H]C1([2H])OC([2H])([2H])C([2H])([2H])N(c2ccncc2N)C1([2H])[2H]. The minimum Gasteiger partial charge on any atom is -0.396 e. The molecule has 0 saturated carbocycles. The zero-order chi connectivity index (χ0) is 16.3. The van der Waals surface area contributed by atoms with Gasteiger partial charge in [-0.1, -0.05) is 0 Å². The number of aromatic nitrogens is 1. The summed E-state index contributed by atoms with van der Waals surface area (Å²) in [6.45, 7) is -12.2. The van der Waals surface area contributed by atoms with Crippen LogP contribution in [0.2, 0.25) is 0 Å². The minimum absolute atomic E-state index is 0.112. The summed E-state index contributed by atoms with van der Waals surface area (Å²) in [4.78, 5) is 4.01. The third-order valence-electron chi connectivity index (χ3n) is 1.49. The van der Waals surface area contributed by atoms with Crippen LogP contribution in [0.25, 0.3) is 0 Å². The molecular formula is C9H13N3O. The standard InChI is InChI=1S/C9H13N3O/c10-8-7-11-2-1-9(8)12-3-5-13-6-4-12/h1-2,7H,3-6,10H2/i3D2,4D2,5D2,6D2. The lowest BCUT2D eigenvalue weighted by atomic mass is 10.3. The molecule has 70 valence electrons. The van der Waals surface area contributed by atoms with Crippen LogP contribution in [-0.4, -0.2) is 31.1 Å². The van der Waals surface area contributed by atoms with Crippen LogP contribution in [0.15, 0.2) is 18.5 Å². The fourth-order valence-electron chi connectivity index (χ4n) is 0.914. The number of anilines is 2. The lowest BCUT2D eigenvalue weighted by molar-refractivity contribution is 0.123. The summed E-state index contributed by atoms with van der Waals surface area (Å²) in [6.07, 6.45) is 2.36. The first kappa shape index (κ1) is 3.13. The monoisotopic (exact) mass is 187 g/mol. The van der Waals surface area contributed by atoms with Gasteiger partial charge in [-0.05, 0) is 6.07 Å². The van der Waals surface area contributed by atoms with Gasteiger partial charge in [-0.2, -0.15) is 0 Å². The van der Waals surface area contributed by atoms with Crippen molar-refractivity contribution in [2.45, 2.75) is 0 Å². The Morgan fingerprint density at radius 3 is 3.00 bits per heavy atom. The van der Waals surface area contributed by atoms with Crippen LogP contribution in [0, 0.1) is 0 Å². The summed E-state index contributed by atoms with van der Waals surface area (Å²) in [5.74, 6) is 0. The number of morpholine rings is 1. The fraction of sp³-hybridized carbons (Fsp3) is 0.444. The van der Waals surface area contributed by atoms with E-state index in [0.717, 1.165) is 6.20 Å². The van der Waals surface area contributed by atoms with Crippen molar-refractivity contribution in [2.75, 3.05) is 36.7 Å². The van der Waals surface area contributed by atoms with E-state index in [4.69, 9.17) is 16.7 Å². The molecule has 2 rings (SSSR count). The van der Waals surface area contributed by atoms with E-state index in [1.165, 1.54) is 12.3 Å². The Bertz CT molecular complexity index is 538. The molecule has 1 aromatic heterocycles. The molecule has 0 amide bonds. The Morgan fingerprint density at radius 1 is 1.54 bits per heavy atom. The predicted molar refractivity (Wildman–Crippen MR) is 51.7 cm³/mol. The largest absolute Gasteiger partial charge is 0.396 e. The topological polar surface area (TPSA) is 51.4 Å². The van der Waals surface area contributed by atoms with E-state index in [9.17, 15) is 0 Å². The van der Waals surface area contributed by atoms with E-state index in [1.54, 1.807) is 0 Å². The third-order valence-corrected chi connectivity index (χ3v) is 1.49. The Morgan fingerprint density at radius 2 is 2.31 bits per heavy atom. The summed E-state index contributed by atoms with van der Waals surface area (Å²) in [7, 11) is 0. The van der Waals surface area contributed by atoms with Gasteiger partial charge in [0.05, 0.1) is 41.7 Å². The first-order chi connectivity index (χ1) is 9.34. The smallest absolute Gasteiger partial charge is 0.0738 e. The van der Waals surface area contributed by atoms with Gasteiger partial charge >= 0.3 is 0 Å².